The minimum absolute atomic E-state index is 0.167. The highest BCUT2D eigenvalue weighted by Crippen LogP contribution is 2.31. The predicted molar refractivity (Wildman–Crippen MR) is 116 cm³/mol. The number of amides is 1. The molecule has 9 heteroatoms. The Hall–Kier alpha value is -2.71. The molecule has 1 amide bonds. The highest BCUT2D eigenvalue weighted by molar-refractivity contribution is 7.90. The fraction of sp³-hybridized carbons (Fsp3) is 0.286. The third-order valence-electron chi connectivity index (χ3n) is 5.12. The van der Waals surface area contributed by atoms with E-state index in [1.807, 2.05) is 0 Å². The largest absolute Gasteiger partial charge is 0.322 e. The zero-order chi connectivity index (χ0) is 21.3. The molecule has 0 spiro atoms. The van der Waals surface area contributed by atoms with E-state index in [0.29, 0.717) is 27.7 Å². The quantitative estimate of drug-likeness (QED) is 0.656. The average molecular weight is 445 g/mol. The molecule has 4 rings (SSSR count). The molecule has 1 aromatic heterocycles. The maximum absolute atomic E-state index is 12.6. The van der Waals surface area contributed by atoms with Gasteiger partial charge in [-0.3, -0.25) is 4.79 Å². The van der Waals surface area contributed by atoms with Gasteiger partial charge in [0, 0.05) is 36.0 Å². The lowest BCUT2D eigenvalue weighted by Gasteiger charge is -2.11. The van der Waals surface area contributed by atoms with Crippen LogP contribution in [-0.2, 0) is 22.8 Å². The number of hydrogen-bond donors (Lipinski definition) is 1. The van der Waals surface area contributed by atoms with Crippen LogP contribution in [0.2, 0.25) is 5.02 Å². The lowest BCUT2D eigenvalue weighted by molar-refractivity contribution is 0.102. The maximum atomic E-state index is 12.6. The first kappa shape index (κ1) is 20.6. The molecular weight excluding hydrogens is 424 g/mol. The lowest BCUT2D eigenvalue weighted by atomic mass is 10.1. The number of carbonyl (C=O) groups is 1. The molecule has 0 saturated carbocycles. The smallest absolute Gasteiger partial charge is 0.255 e. The van der Waals surface area contributed by atoms with Crippen LogP contribution in [0.25, 0.3) is 11.4 Å². The Labute approximate surface area is 180 Å². The van der Waals surface area contributed by atoms with Crippen molar-refractivity contribution in [2.24, 2.45) is 0 Å². The summed E-state index contributed by atoms with van der Waals surface area (Å²) in [5.74, 6) is 1.31. The molecule has 1 aliphatic rings. The molecule has 0 bridgehead atoms. The number of sulfone groups is 1. The van der Waals surface area contributed by atoms with E-state index in [4.69, 9.17) is 11.6 Å². The van der Waals surface area contributed by atoms with Crippen LogP contribution in [0.5, 0.6) is 0 Å². The van der Waals surface area contributed by atoms with Gasteiger partial charge in [-0.1, -0.05) is 18.0 Å². The number of aromatic nitrogens is 3. The number of fused-ring (bicyclic) bond motifs is 1. The lowest BCUT2D eigenvalue weighted by Crippen LogP contribution is -2.12. The first-order chi connectivity index (χ1) is 14.3. The molecule has 1 aliphatic heterocycles. The average Bonchev–Trinajstić information content (AvgIpc) is 2.96. The second kappa shape index (κ2) is 8.20. The number of benzene rings is 2. The summed E-state index contributed by atoms with van der Waals surface area (Å²) in [6.45, 7) is 0.845. The molecule has 3 aromatic rings. The van der Waals surface area contributed by atoms with Crippen molar-refractivity contribution in [1.29, 1.82) is 0 Å². The molecule has 0 saturated heterocycles. The van der Waals surface area contributed by atoms with Gasteiger partial charge >= 0.3 is 0 Å². The van der Waals surface area contributed by atoms with Crippen molar-refractivity contribution in [1.82, 2.24) is 14.8 Å². The van der Waals surface area contributed by atoms with Crippen molar-refractivity contribution in [3.63, 3.8) is 0 Å². The minimum Gasteiger partial charge on any atom is -0.322 e. The number of halogens is 1. The van der Waals surface area contributed by atoms with Gasteiger partial charge in [-0.2, -0.15) is 0 Å². The summed E-state index contributed by atoms with van der Waals surface area (Å²) < 4.78 is 25.3. The number of nitrogens with one attached hydrogen (secondary N) is 1. The van der Waals surface area contributed by atoms with Crippen LogP contribution in [0.15, 0.2) is 47.4 Å². The molecule has 7 nitrogen and oxygen atoms in total. The Morgan fingerprint density at radius 2 is 1.83 bits per heavy atom. The summed E-state index contributed by atoms with van der Waals surface area (Å²) in [5, 5.41) is 12.0. The van der Waals surface area contributed by atoms with Crippen molar-refractivity contribution in [2.75, 3.05) is 11.6 Å². The second-order valence-corrected chi connectivity index (χ2v) is 9.77. The monoisotopic (exact) mass is 444 g/mol. The first-order valence-electron chi connectivity index (χ1n) is 9.66. The summed E-state index contributed by atoms with van der Waals surface area (Å²) in [6.07, 6.45) is 5.34. The van der Waals surface area contributed by atoms with E-state index >= 15 is 0 Å². The van der Waals surface area contributed by atoms with Crippen molar-refractivity contribution >= 4 is 33.0 Å². The summed E-state index contributed by atoms with van der Waals surface area (Å²) in [5.41, 5.74) is 1.63. The summed E-state index contributed by atoms with van der Waals surface area (Å²) in [6, 6.07) is 11.0. The Balaban J connectivity index is 1.60. The Kier molecular flexibility index (Phi) is 5.62. The van der Waals surface area contributed by atoms with Gasteiger partial charge in [0.05, 0.1) is 9.92 Å². The van der Waals surface area contributed by atoms with Gasteiger partial charge < -0.3 is 9.88 Å². The third kappa shape index (κ3) is 4.24. The van der Waals surface area contributed by atoms with Gasteiger partial charge in [0.1, 0.15) is 5.82 Å². The maximum Gasteiger partial charge on any atom is 0.255 e. The van der Waals surface area contributed by atoms with Crippen LogP contribution in [0.3, 0.4) is 0 Å². The Bertz CT molecular complexity index is 1200. The molecule has 30 heavy (non-hydrogen) atoms. The molecule has 2 aromatic carbocycles. The highest BCUT2D eigenvalue weighted by Gasteiger charge is 2.19. The van der Waals surface area contributed by atoms with E-state index in [2.05, 4.69) is 20.1 Å². The minimum atomic E-state index is -3.31. The third-order valence-corrected chi connectivity index (χ3v) is 6.58. The normalized spacial score (nSPS) is 14.1. The SMILES string of the molecule is CS(=O)(=O)c1ccc(C(=O)Nc2ccc(Cl)c(-c3nnc4n3CCCCC4)c2)cc1. The molecule has 0 unspecified atom stereocenters. The Morgan fingerprint density at radius 1 is 1.07 bits per heavy atom. The van der Waals surface area contributed by atoms with Crippen molar-refractivity contribution in [3.8, 4) is 11.4 Å². The zero-order valence-electron chi connectivity index (χ0n) is 16.4. The molecule has 2 heterocycles. The van der Waals surface area contributed by atoms with Crippen LogP contribution >= 0.6 is 11.6 Å². The van der Waals surface area contributed by atoms with Gasteiger partial charge in [0.2, 0.25) is 0 Å². The Morgan fingerprint density at radius 3 is 2.57 bits per heavy atom. The molecule has 1 N–H and O–H groups in total. The fourth-order valence-electron chi connectivity index (χ4n) is 3.52. The number of anilines is 1. The van der Waals surface area contributed by atoms with Gasteiger partial charge in [-0.15, -0.1) is 10.2 Å². The second-order valence-electron chi connectivity index (χ2n) is 7.35. The summed E-state index contributed by atoms with van der Waals surface area (Å²) in [4.78, 5) is 12.8. The van der Waals surface area contributed by atoms with Crippen molar-refractivity contribution in [3.05, 3.63) is 58.9 Å². The molecule has 0 radical (unpaired) electrons. The first-order valence-corrected chi connectivity index (χ1v) is 11.9. The number of nitrogens with zero attached hydrogens (tertiary/aromatic N) is 3. The van der Waals surface area contributed by atoms with E-state index in [0.717, 1.165) is 44.3 Å². The van der Waals surface area contributed by atoms with E-state index in [1.54, 1.807) is 18.2 Å². The fourth-order valence-corrected chi connectivity index (χ4v) is 4.35. The van der Waals surface area contributed by atoms with Gasteiger partial charge in [0.15, 0.2) is 15.7 Å². The summed E-state index contributed by atoms with van der Waals surface area (Å²) in [7, 11) is -3.31. The van der Waals surface area contributed by atoms with Gasteiger partial charge in [-0.25, -0.2) is 8.42 Å². The number of carbonyl (C=O) groups excluding carboxylic acids is 1. The van der Waals surface area contributed by atoms with Crippen molar-refractivity contribution < 1.29 is 13.2 Å². The van der Waals surface area contributed by atoms with Gasteiger partial charge in [-0.05, 0) is 55.3 Å². The number of hydrogen-bond acceptors (Lipinski definition) is 5. The van der Waals surface area contributed by atoms with E-state index in [9.17, 15) is 13.2 Å². The number of aryl methyl sites for hydroxylation is 1. The van der Waals surface area contributed by atoms with E-state index in [-0.39, 0.29) is 10.8 Å². The van der Waals surface area contributed by atoms with Crippen LogP contribution in [-0.4, -0.2) is 35.3 Å². The van der Waals surface area contributed by atoms with Crippen LogP contribution in [0.1, 0.15) is 35.4 Å². The topological polar surface area (TPSA) is 93.9 Å². The summed E-state index contributed by atoms with van der Waals surface area (Å²) >= 11 is 6.43. The molecular formula is C21H21ClN4O3S. The highest BCUT2D eigenvalue weighted by atomic mass is 35.5. The zero-order valence-corrected chi connectivity index (χ0v) is 18.0. The molecule has 0 aliphatic carbocycles. The van der Waals surface area contributed by atoms with E-state index < -0.39 is 9.84 Å². The predicted octanol–water partition coefficient (Wildman–Crippen LogP) is 3.98. The molecule has 0 atom stereocenters. The van der Waals surface area contributed by atoms with Crippen LogP contribution in [0.4, 0.5) is 5.69 Å². The van der Waals surface area contributed by atoms with Crippen LogP contribution in [0, 0.1) is 0 Å². The molecule has 156 valence electrons. The van der Waals surface area contributed by atoms with Gasteiger partial charge in [0.25, 0.3) is 5.91 Å². The number of rotatable bonds is 4. The standard InChI is InChI=1S/C21H21ClN4O3S/c1-30(28,29)16-9-6-14(7-10-16)21(27)23-15-8-11-18(22)17(13-15)20-25-24-19-5-3-2-4-12-26(19)20/h6-11,13H,2-5,12H2,1H3,(H,23,27). The van der Waals surface area contributed by atoms with E-state index in [1.165, 1.54) is 24.3 Å². The molecule has 0 fully saturated rings. The van der Waals surface area contributed by atoms with Crippen molar-refractivity contribution in [2.45, 2.75) is 37.1 Å². The van der Waals surface area contributed by atoms with Crippen LogP contribution < -0.4 is 5.32 Å².